The van der Waals surface area contributed by atoms with Crippen LogP contribution in [0, 0.1) is 5.92 Å². The van der Waals surface area contributed by atoms with Crippen LogP contribution in [0.1, 0.15) is 65.7 Å². The van der Waals surface area contributed by atoms with Gasteiger partial charge in [-0.25, -0.2) is 0 Å². The highest BCUT2D eigenvalue weighted by molar-refractivity contribution is 4.87. The largest absolute Gasteiger partial charge is 0.375 e. The smallest absolute Gasteiger partial charge is 0.0641 e. The fourth-order valence-electron chi connectivity index (χ4n) is 3.42. The second-order valence-corrected chi connectivity index (χ2v) is 6.69. The first-order valence-corrected chi connectivity index (χ1v) is 7.47. The number of hydrogen-bond acceptors (Lipinski definition) is 2. The van der Waals surface area contributed by atoms with Crippen LogP contribution in [0.4, 0.5) is 0 Å². The van der Waals surface area contributed by atoms with Crippen LogP contribution >= 0.6 is 0 Å². The number of nitrogens with one attached hydrogen (secondary N) is 1. The van der Waals surface area contributed by atoms with Gasteiger partial charge in [0.2, 0.25) is 0 Å². The normalized spacial score (nSPS) is 38.6. The predicted octanol–water partition coefficient (Wildman–Crippen LogP) is 3.50. The van der Waals surface area contributed by atoms with Crippen LogP contribution in [0.25, 0.3) is 0 Å². The molecule has 0 radical (unpaired) electrons. The molecule has 1 aliphatic carbocycles. The molecule has 1 N–H and O–H groups in total. The average Bonchev–Trinajstić information content (AvgIpc) is 2.43. The Morgan fingerprint density at radius 3 is 2.59 bits per heavy atom. The lowest BCUT2D eigenvalue weighted by molar-refractivity contribution is -0.0649. The van der Waals surface area contributed by atoms with Gasteiger partial charge in [0.1, 0.15) is 0 Å². The summed E-state index contributed by atoms with van der Waals surface area (Å²) in [7, 11) is 0. The molecule has 2 rings (SSSR count). The molecular weight excluding hydrogens is 210 g/mol. The van der Waals surface area contributed by atoms with Crippen molar-refractivity contribution in [1.29, 1.82) is 0 Å². The standard InChI is InChI=1S/C15H29NO/c1-12-7-5-4-6-8-14(12)16-13-9-10-17-15(2,3)11-13/h12-14,16H,4-11H2,1-3H3. The van der Waals surface area contributed by atoms with Crippen molar-refractivity contribution in [3.8, 4) is 0 Å². The van der Waals surface area contributed by atoms with Crippen molar-refractivity contribution in [3.05, 3.63) is 0 Å². The van der Waals surface area contributed by atoms with Gasteiger partial charge in [-0.1, -0.05) is 26.2 Å². The van der Waals surface area contributed by atoms with E-state index in [4.69, 9.17) is 4.74 Å². The molecule has 2 nitrogen and oxygen atoms in total. The summed E-state index contributed by atoms with van der Waals surface area (Å²) in [5, 5.41) is 3.92. The van der Waals surface area contributed by atoms with E-state index in [1.807, 2.05) is 0 Å². The third kappa shape index (κ3) is 3.96. The van der Waals surface area contributed by atoms with Crippen molar-refractivity contribution in [3.63, 3.8) is 0 Å². The SMILES string of the molecule is CC1CCCCCC1NC1CCOC(C)(C)C1. The van der Waals surface area contributed by atoms with Crippen LogP contribution in [0.15, 0.2) is 0 Å². The molecule has 2 fully saturated rings. The maximum Gasteiger partial charge on any atom is 0.0641 e. The Hall–Kier alpha value is -0.0800. The maximum atomic E-state index is 5.80. The van der Waals surface area contributed by atoms with Crippen LogP contribution in [-0.4, -0.2) is 24.3 Å². The second-order valence-electron chi connectivity index (χ2n) is 6.69. The van der Waals surface area contributed by atoms with E-state index in [9.17, 15) is 0 Å². The Bertz CT molecular complexity index is 239. The van der Waals surface area contributed by atoms with Gasteiger partial charge in [-0.05, 0) is 45.4 Å². The minimum Gasteiger partial charge on any atom is -0.375 e. The third-order valence-corrected chi connectivity index (χ3v) is 4.51. The zero-order valence-electron chi connectivity index (χ0n) is 11.8. The molecule has 2 aliphatic rings. The number of hydrogen-bond donors (Lipinski definition) is 1. The van der Waals surface area contributed by atoms with E-state index in [1.165, 1.54) is 38.5 Å². The van der Waals surface area contributed by atoms with E-state index < -0.39 is 0 Å². The molecule has 1 heterocycles. The fourth-order valence-corrected chi connectivity index (χ4v) is 3.42. The topological polar surface area (TPSA) is 21.3 Å². The minimum absolute atomic E-state index is 0.0733. The van der Waals surface area contributed by atoms with Crippen molar-refractivity contribution in [2.75, 3.05) is 6.61 Å². The molecule has 1 saturated carbocycles. The molecule has 0 amide bonds. The predicted molar refractivity (Wildman–Crippen MR) is 72.2 cm³/mol. The van der Waals surface area contributed by atoms with Crippen molar-refractivity contribution >= 4 is 0 Å². The Morgan fingerprint density at radius 2 is 1.82 bits per heavy atom. The summed E-state index contributed by atoms with van der Waals surface area (Å²) < 4.78 is 5.80. The third-order valence-electron chi connectivity index (χ3n) is 4.51. The molecule has 0 bridgehead atoms. The summed E-state index contributed by atoms with van der Waals surface area (Å²) >= 11 is 0. The Morgan fingerprint density at radius 1 is 1.06 bits per heavy atom. The van der Waals surface area contributed by atoms with Gasteiger partial charge in [-0.3, -0.25) is 0 Å². The van der Waals surface area contributed by atoms with Gasteiger partial charge in [0.05, 0.1) is 5.60 Å². The lowest BCUT2D eigenvalue weighted by Gasteiger charge is -2.38. The quantitative estimate of drug-likeness (QED) is 0.745. The molecule has 3 atom stereocenters. The zero-order chi connectivity index (χ0) is 12.3. The van der Waals surface area contributed by atoms with Gasteiger partial charge in [0.25, 0.3) is 0 Å². The molecule has 17 heavy (non-hydrogen) atoms. The Balaban J connectivity index is 1.86. The maximum absolute atomic E-state index is 5.80. The molecule has 0 aromatic carbocycles. The van der Waals surface area contributed by atoms with E-state index in [1.54, 1.807) is 0 Å². The van der Waals surface area contributed by atoms with Gasteiger partial charge in [-0.2, -0.15) is 0 Å². The molecular formula is C15H29NO. The summed E-state index contributed by atoms with van der Waals surface area (Å²) in [6.07, 6.45) is 9.40. The van der Waals surface area contributed by atoms with E-state index in [2.05, 4.69) is 26.1 Å². The fraction of sp³-hybridized carbons (Fsp3) is 1.00. The zero-order valence-corrected chi connectivity index (χ0v) is 11.8. The van der Waals surface area contributed by atoms with Crippen LogP contribution in [-0.2, 0) is 4.74 Å². The summed E-state index contributed by atoms with van der Waals surface area (Å²) in [5.41, 5.74) is 0.0733. The highest BCUT2D eigenvalue weighted by atomic mass is 16.5. The Labute approximate surface area is 107 Å². The molecule has 2 heteroatoms. The van der Waals surface area contributed by atoms with Crippen LogP contribution in [0.5, 0.6) is 0 Å². The molecule has 1 aliphatic heterocycles. The van der Waals surface area contributed by atoms with Crippen molar-refractivity contribution in [2.45, 2.75) is 83.4 Å². The summed E-state index contributed by atoms with van der Waals surface area (Å²) in [5.74, 6) is 0.850. The highest BCUT2D eigenvalue weighted by Gasteiger charge is 2.31. The monoisotopic (exact) mass is 239 g/mol. The van der Waals surface area contributed by atoms with E-state index in [-0.39, 0.29) is 5.60 Å². The molecule has 0 spiro atoms. The number of ether oxygens (including phenoxy) is 1. The van der Waals surface area contributed by atoms with Crippen LogP contribution in [0.3, 0.4) is 0 Å². The molecule has 0 aromatic heterocycles. The average molecular weight is 239 g/mol. The van der Waals surface area contributed by atoms with Gasteiger partial charge in [-0.15, -0.1) is 0 Å². The van der Waals surface area contributed by atoms with Crippen LogP contribution in [0.2, 0.25) is 0 Å². The first-order chi connectivity index (χ1) is 8.07. The second kappa shape index (κ2) is 5.71. The van der Waals surface area contributed by atoms with E-state index in [0.717, 1.165) is 25.0 Å². The molecule has 100 valence electrons. The van der Waals surface area contributed by atoms with Crippen LogP contribution < -0.4 is 5.32 Å². The summed E-state index contributed by atoms with van der Waals surface area (Å²) in [4.78, 5) is 0. The van der Waals surface area contributed by atoms with Crippen molar-refractivity contribution in [2.24, 2.45) is 5.92 Å². The summed E-state index contributed by atoms with van der Waals surface area (Å²) in [6.45, 7) is 7.79. The van der Waals surface area contributed by atoms with Gasteiger partial charge < -0.3 is 10.1 Å². The van der Waals surface area contributed by atoms with Gasteiger partial charge in [0, 0.05) is 18.7 Å². The van der Waals surface area contributed by atoms with Crippen molar-refractivity contribution < 1.29 is 4.74 Å². The Kier molecular flexibility index (Phi) is 4.48. The molecule has 0 aromatic rings. The van der Waals surface area contributed by atoms with Gasteiger partial charge >= 0.3 is 0 Å². The van der Waals surface area contributed by atoms with E-state index in [0.29, 0.717) is 6.04 Å². The highest BCUT2D eigenvalue weighted by Crippen LogP contribution is 2.28. The summed E-state index contributed by atoms with van der Waals surface area (Å²) in [6, 6.07) is 1.42. The minimum atomic E-state index is 0.0733. The van der Waals surface area contributed by atoms with Gasteiger partial charge in [0.15, 0.2) is 0 Å². The lowest BCUT2D eigenvalue weighted by Crippen LogP contribution is -2.48. The van der Waals surface area contributed by atoms with Crippen molar-refractivity contribution in [1.82, 2.24) is 5.32 Å². The van der Waals surface area contributed by atoms with E-state index >= 15 is 0 Å². The lowest BCUT2D eigenvalue weighted by atomic mass is 9.90. The first kappa shape index (κ1) is 13.4. The first-order valence-electron chi connectivity index (χ1n) is 7.47. The molecule has 1 saturated heterocycles. The number of rotatable bonds is 2. The molecule has 3 unspecified atom stereocenters.